The van der Waals surface area contributed by atoms with Gasteiger partial charge >= 0.3 is 10.2 Å². The molecule has 0 aromatic rings. The molecule has 1 aliphatic rings. The fourth-order valence-corrected chi connectivity index (χ4v) is 2.52. The highest BCUT2D eigenvalue weighted by atomic mass is 32.3. The molecule has 0 amide bonds. The Labute approximate surface area is 77.0 Å². The van der Waals surface area contributed by atoms with Crippen molar-refractivity contribution >= 4 is 10.2 Å². The summed E-state index contributed by atoms with van der Waals surface area (Å²) in [5.74, 6) is -0.691. The van der Waals surface area contributed by atoms with Crippen LogP contribution in [0.5, 0.6) is 0 Å². The average Bonchev–Trinajstić information content (AvgIpc) is 2.03. The molecular formula is C7H11FN2O2S. The Morgan fingerprint density at radius 1 is 1.62 bits per heavy atom. The molecule has 1 heterocycles. The van der Waals surface area contributed by atoms with Gasteiger partial charge in [-0.15, -0.1) is 3.89 Å². The van der Waals surface area contributed by atoms with Gasteiger partial charge in [-0.3, -0.25) is 0 Å². The minimum Gasteiger partial charge on any atom is -0.315 e. The summed E-state index contributed by atoms with van der Waals surface area (Å²) in [5, 5.41) is 11.7. The molecule has 0 spiro atoms. The van der Waals surface area contributed by atoms with Gasteiger partial charge in [0.25, 0.3) is 0 Å². The number of nitrogens with one attached hydrogen (secondary N) is 1. The fraction of sp³-hybridized carbons (Fsp3) is 0.857. The molecular weight excluding hydrogens is 195 g/mol. The second-order valence-electron chi connectivity index (χ2n) is 3.36. The van der Waals surface area contributed by atoms with E-state index < -0.39 is 21.4 Å². The molecule has 0 aromatic carbocycles. The fourth-order valence-electron chi connectivity index (χ4n) is 1.55. The van der Waals surface area contributed by atoms with Gasteiger partial charge in [0.1, 0.15) is 0 Å². The topological polar surface area (TPSA) is 70.0 Å². The zero-order valence-corrected chi connectivity index (χ0v) is 7.90. The average molecular weight is 206 g/mol. The van der Waals surface area contributed by atoms with Crippen molar-refractivity contribution in [2.45, 2.75) is 12.8 Å². The smallest absolute Gasteiger partial charge is 0.304 e. The molecule has 0 radical (unpaired) electrons. The number of hydrogen-bond acceptors (Lipinski definition) is 4. The van der Waals surface area contributed by atoms with Gasteiger partial charge in [-0.25, -0.2) is 0 Å². The predicted octanol–water partition coefficient (Wildman–Crippen LogP) is 0.179. The van der Waals surface area contributed by atoms with Crippen molar-refractivity contribution < 1.29 is 12.3 Å². The maximum atomic E-state index is 12.4. The molecule has 1 N–H and O–H groups in total. The van der Waals surface area contributed by atoms with Crippen molar-refractivity contribution in [1.29, 1.82) is 5.26 Å². The summed E-state index contributed by atoms with van der Waals surface area (Å²) in [6.07, 6.45) is 1.16. The number of piperidine rings is 1. The van der Waals surface area contributed by atoms with E-state index in [1.807, 2.05) is 6.07 Å². The first-order valence-electron chi connectivity index (χ1n) is 4.02. The van der Waals surface area contributed by atoms with E-state index >= 15 is 0 Å². The van der Waals surface area contributed by atoms with Crippen LogP contribution in [0.2, 0.25) is 0 Å². The van der Waals surface area contributed by atoms with Crippen LogP contribution in [-0.4, -0.2) is 27.3 Å². The van der Waals surface area contributed by atoms with E-state index in [1.165, 1.54) is 0 Å². The van der Waals surface area contributed by atoms with Crippen LogP contribution in [0.25, 0.3) is 0 Å². The molecule has 1 saturated heterocycles. The zero-order valence-electron chi connectivity index (χ0n) is 7.09. The molecule has 6 heteroatoms. The molecule has 1 unspecified atom stereocenters. The number of rotatable bonds is 2. The molecule has 4 nitrogen and oxygen atoms in total. The molecule has 0 aliphatic carbocycles. The number of nitriles is 1. The van der Waals surface area contributed by atoms with Crippen LogP contribution in [0.3, 0.4) is 0 Å². The van der Waals surface area contributed by atoms with Crippen molar-refractivity contribution in [2.24, 2.45) is 5.41 Å². The van der Waals surface area contributed by atoms with Gasteiger partial charge in [0.15, 0.2) is 0 Å². The van der Waals surface area contributed by atoms with Crippen LogP contribution < -0.4 is 5.32 Å². The number of nitrogens with zero attached hydrogens (tertiary/aromatic N) is 1. The van der Waals surface area contributed by atoms with Crippen LogP contribution in [-0.2, 0) is 10.2 Å². The van der Waals surface area contributed by atoms with Gasteiger partial charge in [-0.1, -0.05) is 0 Å². The van der Waals surface area contributed by atoms with Gasteiger partial charge in [0.05, 0.1) is 17.2 Å². The summed E-state index contributed by atoms with van der Waals surface area (Å²) in [4.78, 5) is 0. The van der Waals surface area contributed by atoms with E-state index in [9.17, 15) is 12.3 Å². The summed E-state index contributed by atoms with van der Waals surface area (Å²) in [5.41, 5.74) is -1.06. The van der Waals surface area contributed by atoms with E-state index in [1.54, 1.807) is 0 Å². The van der Waals surface area contributed by atoms with Crippen LogP contribution >= 0.6 is 0 Å². The SMILES string of the molecule is N#CC1(CS(=O)(=O)F)CCCNC1. The lowest BCUT2D eigenvalue weighted by Gasteiger charge is -2.29. The molecule has 74 valence electrons. The summed E-state index contributed by atoms with van der Waals surface area (Å²) < 4.78 is 33.2. The normalized spacial score (nSPS) is 29.5. The predicted molar refractivity (Wildman–Crippen MR) is 45.0 cm³/mol. The Balaban J connectivity index is 2.76. The van der Waals surface area contributed by atoms with Crippen LogP contribution in [0.4, 0.5) is 3.89 Å². The third-order valence-corrected chi connectivity index (χ3v) is 3.06. The van der Waals surface area contributed by atoms with Gasteiger partial charge < -0.3 is 5.32 Å². The van der Waals surface area contributed by atoms with Crippen LogP contribution in [0, 0.1) is 16.7 Å². The minimum absolute atomic E-state index is 0.257. The molecule has 1 aliphatic heterocycles. The molecule has 1 rings (SSSR count). The van der Waals surface area contributed by atoms with Gasteiger partial charge in [0.2, 0.25) is 0 Å². The highest BCUT2D eigenvalue weighted by Crippen LogP contribution is 2.27. The Morgan fingerprint density at radius 2 is 2.31 bits per heavy atom. The molecule has 1 atom stereocenters. The molecule has 0 saturated carbocycles. The highest BCUT2D eigenvalue weighted by Gasteiger charge is 2.37. The van der Waals surface area contributed by atoms with Gasteiger partial charge in [-0.2, -0.15) is 13.7 Å². The number of halogens is 1. The highest BCUT2D eigenvalue weighted by molar-refractivity contribution is 7.86. The Kier molecular flexibility index (Phi) is 2.88. The molecule has 1 fully saturated rings. The van der Waals surface area contributed by atoms with E-state index in [2.05, 4.69) is 5.32 Å². The standard InChI is InChI=1S/C7H11FN2O2S/c8-13(11,12)6-7(4-9)2-1-3-10-5-7/h10H,1-3,5-6H2. The Hall–Kier alpha value is -0.670. The quantitative estimate of drug-likeness (QED) is 0.654. The Morgan fingerprint density at radius 3 is 2.69 bits per heavy atom. The first kappa shape index (κ1) is 10.4. The summed E-state index contributed by atoms with van der Waals surface area (Å²) in [7, 11) is -4.56. The number of hydrogen-bond donors (Lipinski definition) is 1. The summed E-state index contributed by atoms with van der Waals surface area (Å²) >= 11 is 0. The first-order valence-corrected chi connectivity index (χ1v) is 5.57. The lowest BCUT2D eigenvalue weighted by molar-refractivity contribution is 0.315. The molecule has 0 aromatic heterocycles. The van der Waals surface area contributed by atoms with E-state index in [-0.39, 0.29) is 6.54 Å². The molecule has 0 bridgehead atoms. The summed E-state index contributed by atoms with van der Waals surface area (Å²) in [6.45, 7) is 1.02. The zero-order chi connectivity index (χ0) is 9.95. The monoisotopic (exact) mass is 206 g/mol. The van der Waals surface area contributed by atoms with E-state index in [0.717, 1.165) is 6.54 Å². The minimum atomic E-state index is -4.56. The van der Waals surface area contributed by atoms with Crippen molar-refractivity contribution in [3.8, 4) is 6.07 Å². The molecule has 13 heavy (non-hydrogen) atoms. The third-order valence-electron chi connectivity index (χ3n) is 2.16. The second kappa shape index (κ2) is 3.60. The maximum absolute atomic E-state index is 12.4. The maximum Gasteiger partial charge on any atom is 0.304 e. The third kappa shape index (κ3) is 2.94. The van der Waals surface area contributed by atoms with Crippen molar-refractivity contribution in [2.75, 3.05) is 18.8 Å². The lowest BCUT2D eigenvalue weighted by Crippen LogP contribution is -2.42. The Bertz CT molecular complexity index is 314. The van der Waals surface area contributed by atoms with E-state index in [4.69, 9.17) is 5.26 Å². The second-order valence-corrected chi connectivity index (χ2v) is 4.72. The van der Waals surface area contributed by atoms with Crippen molar-refractivity contribution in [3.05, 3.63) is 0 Å². The van der Waals surface area contributed by atoms with Crippen molar-refractivity contribution in [3.63, 3.8) is 0 Å². The largest absolute Gasteiger partial charge is 0.315 e. The van der Waals surface area contributed by atoms with E-state index in [0.29, 0.717) is 12.8 Å². The van der Waals surface area contributed by atoms with Gasteiger partial charge in [-0.05, 0) is 19.4 Å². The summed E-state index contributed by atoms with van der Waals surface area (Å²) in [6, 6.07) is 1.89. The van der Waals surface area contributed by atoms with Crippen LogP contribution in [0.1, 0.15) is 12.8 Å². The lowest BCUT2D eigenvalue weighted by atomic mass is 9.84. The van der Waals surface area contributed by atoms with Crippen molar-refractivity contribution in [1.82, 2.24) is 5.32 Å². The van der Waals surface area contributed by atoms with Crippen LogP contribution in [0.15, 0.2) is 0 Å². The first-order chi connectivity index (χ1) is 5.97. The van der Waals surface area contributed by atoms with Gasteiger partial charge in [0, 0.05) is 6.54 Å².